The van der Waals surface area contributed by atoms with Crippen LogP contribution in [-0.4, -0.2) is 23.0 Å². The van der Waals surface area contributed by atoms with Gasteiger partial charge < -0.3 is 10.4 Å². The molecule has 0 aliphatic heterocycles. The number of rotatable bonds is 6. The van der Waals surface area contributed by atoms with Gasteiger partial charge in [-0.1, -0.05) is 26.0 Å². The molecule has 0 aromatic heterocycles. The van der Waals surface area contributed by atoms with Gasteiger partial charge >= 0.3 is 5.97 Å². The number of amides is 1. The average molecular weight is 267 g/mol. The van der Waals surface area contributed by atoms with Gasteiger partial charge in [0.2, 0.25) is 5.91 Å². The van der Waals surface area contributed by atoms with Crippen molar-refractivity contribution < 1.29 is 19.1 Å². The fraction of sp³-hybridized carbons (Fsp3) is 0.429. The zero-order chi connectivity index (χ0) is 14.4. The van der Waals surface area contributed by atoms with Crippen LogP contribution in [-0.2, 0) is 16.0 Å². The van der Waals surface area contributed by atoms with Gasteiger partial charge in [0.05, 0.1) is 0 Å². The number of halogens is 1. The lowest BCUT2D eigenvalue weighted by Gasteiger charge is -2.17. The van der Waals surface area contributed by atoms with Gasteiger partial charge in [0.1, 0.15) is 11.9 Å². The third-order valence-electron chi connectivity index (χ3n) is 3.03. The number of hydrogen-bond donors (Lipinski definition) is 2. The number of carbonyl (C=O) groups is 2. The number of benzene rings is 1. The highest BCUT2D eigenvalue weighted by molar-refractivity contribution is 5.84. The van der Waals surface area contributed by atoms with Crippen molar-refractivity contribution in [2.75, 3.05) is 0 Å². The Labute approximate surface area is 111 Å². The van der Waals surface area contributed by atoms with Crippen molar-refractivity contribution in [2.45, 2.75) is 32.7 Å². The number of aliphatic carboxylic acids is 1. The lowest BCUT2D eigenvalue weighted by molar-refractivity contribution is -0.142. The van der Waals surface area contributed by atoms with Crippen LogP contribution in [0.5, 0.6) is 0 Å². The standard InChI is InChI=1S/C14H18FNO3/c1-3-9(2)13(17)16-12(14(18)19)8-10-4-6-11(15)7-5-10/h4-7,9,12H,3,8H2,1-2H3,(H,16,17)(H,18,19)/t9-,12+/m0/s1. The third-order valence-corrected chi connectivity index (χ3v) is 3.03. The summed E-state index contributed by atoms with van der Waals surface area (Å²) in [6.07, 6.45) is 0.784. The van der Waals surface area contributed by atoms with E-state index in [4.69, 9.17) is 5.11 Å². The van der Waals surface area contributed by atoms with Crippen LogP contribution in [0.2, 0.25) is 0 Å². The zero-order valence-electron chi connectivity index (χ0n) is 11.0. The molecule has 104 valence electrons. The minimum absolute atomic E-state index is 0.137. The summed E-state index contributed by atoms with van der Waals surface area (Å²) in [6, 6.07) is 4.57. The van der Waals surface area contributed by atoms with E-state index in [2.05, 4.69) is 5.32 Å². The maximum absolute atomic E-state index is 12.8. The third kappa shape index (κ3) is 4.69. The Morgan fingerprint density at radius 2 is 1.89 bits per heavy atom. The predicted molar refractivity (Wildman–Crippen MR) is 69.1 cm³/mol. The first-order valence-electron chi connectivity index (χ1n) is 6.21. The normalized spacial score (nSPS) is 13.6. The van der Waals surface area contributed by atoms with Crippen LogP contribution in [0.3, 0.4) is 0 Å². The topological polar surface area (TPSA) is 66.4 Å². The molecule has 0 unspecified atom stereocenters. The molecular weight excluding hydrogens is 249 g/mol. The molecule has 0 spiro atoms. The molecule has 2 atom stereocenters. The molecule has 1 aromatic carbocycles. The maximum atomic E-state index is 12.8. The van der Waals surface area contributed by atoms with E-state index >= 15 is 0 Å². The summed E-state index contributed by atoms with van der Waals surface area (Å²) < 4.78 is 12.8. The highest BCUT2D eigenvalue weighted by Crippen LogP contribution is 2.08. The van der Waals surface area contributed by atoms with Crippen molar-refractivity contribution in [1.29, 1.82) is 0 Å². The van der Waals surface area contributed by atoms with E-state index < -0.39 is 12.0 Å². The SMILES string of the molecule is CC[C@H](C)C(=O)N[C@H](Cc1ccc(F)cc1)C(=O)O. The summed E-state index contributed by atoms with van der Waals surface area (Å²) in [5.41, 5.74) is 0.665. The molecule has 0 fully saturated rings. The number of carboxylic acid groups (broad SMARTS) is 1. The summed E-state index contributed by atoms with van der Waals surface area (Å²) in [6.45, 7) is 3.60. The molecule has 1 aromatic rings. The molecule has 0 aliphatic rings. The highest BCUT2D eigenvalue weighted by atomic mass is 19.1. The predicted octanol–water partition coefficient (Wildman–Crippen LogP) is 1.98. The van der Waals surface area contributed by atoms with Crippen molar-refractivity contribution in [3.63, 3.8) is 0 Å². The first-order chi connectivity index (χ1) is 8.93. The van der Waals surface area contributed by atoms with E-state index in [9.17, 15) is 14.0 Å². The van der Waals surface area contributed by atoms with Gasteiger partial charge in [-0.25, -0.2) is 9.18 Å². The highest BCUT2D eigenvalue weighted by Gasteiger charge is 2.22. The van der Waals surface area contributed by atoms with Crippen LogP contribution in [0.1, 0.15) is 25.8 Å². The van der Waals surface area contributed by atoms with Gasteiger partial charge in [-0.15, -0.1) is 0 Å². The molecule has 2 N–H and O–H groups in total. The molecule has 0 radical (unpaired) electrons. The summed E-state index contributed by atoms with van der Waals surface area (Å²) in [7, 11) is 0. The molecule has 19 heavy (non-hydrogen) atoms. The van der Waals surface area contributed by atoms with E-state index in [0.29, 0.717) is 12.0 Å². The van der Waals surface area contributed by atoms with Crippen molar-refractivity contribution in [2.24, 2.45) is 5.92 Å². The van der Waals surface area contributed by atoms with E-state index in [0.717, 1.165) is 0 Å². The first-order valence-corrected chi connectivity index (χ1v) is 6.21. The molecule has 0 aliphatic carbocycles. The number of hydrogen-bond acceptors (Lipinski definition) is 2. The Bertz CT molecular complexity index is 445. The van der Waals surface area contributed by atoms with Crippen molar-refractivity contribution in [1.82, 2.24) is 5.32 Å². The van der Waals surface area contributed by atoms with E-state index in [-0.39, 0.29) is 24.1 Å². The first kappa shape index (κ1) is 15.1. The maximum Gasteiger partial charge on any atom is 0.326 e. The Hall–Kier alpha value is -1.91. The summed E-state index contributed by atoms with van der Waals surface area (Å²) in [5, 5.41) is 11.6. The number of carboxylic acids is 1. The Morgan fingerprint density at radius 3 is 2.37 bits per heavy atom. The second-order valence-electron chi connectivity index (χ2n) is 4.54. The van der Waals surface area contributed by atoms with Crippen molar-refractivity contribution in [3.8, 4) is 0 Å². The van der Waals surface area contributed by atoms with Crippen LogP contribution >= 0.6 is 0 Å². The largest absolute Gasteiger partial charge is 0.480 e. The van der Waals surface area contributed by atoms with Crippen LogP contribution in [0, 0.1) is 11.7 Å². The van der Waals surface area contributed by atoms with Gasteiger partial charge in [0.25, 0.3) is 0 Å². The molecule has 0 saturated heterocycles. The van der Waals surface area contributed by atoms with Crippen LogP contribution < -0.4 is 5.32 Å². The Morgan fingerprint density at radius 1 is 1.32 bits per heavy atom. The molecule has 0 saturated carbocycles. The summed E-state index contributed by atoms with van der Waals surface area (Å²) >= 11 is 0. The fourth-order valence-electron chi connectivity index (χ4n) is 1.56. The van der Waals surface area contributed by atoms with Gasteiger partial charge in [-0.05, 0) is 24.1 Å². The monoisotopic (exact) mass is 267 g/mol. The molecule has 0 bridgehead atoms. The van der Waals surface area contributed by atoms with E-state index in [1.807, 2.05) is 6.92 Å². The quantitative estimate of drug-likeness (QED) is 0.828. The number of carbonyl (C=O) groups excluding carboxylic acids is 1. The Kier molecular flexibility index (Phi) is 5.48. The molecule has 5 heteroatoms. The second kappa shape index (κ2) is 6.87. The number of nitrogens with one attached hydrogen (secondary N) is 1. The molecule has 1 rings (SSSR count). The lowest BCUT2D eigenvalue weighted by Crippen LogP contribution is -2.44. The molecule has 1 amide bonds. The minimum atomic E-state index is -1.10. The molecular formula is C14H18FNO3. The second-order valence-corrected chi connectivity index (χ2v) is 4.54. The van der Waals surface area contributed by atoms with Gasteiger partial charge in [0, 0.05) is 12.3 Å². The van der Waals surface area contributed by atoms with Gasteiger partial charge in [-0.2, -0.15) is 0 Å². The van der Waals surface area contributed by atoms with E-state index in [1.165, 1.54) is 24.3 Å². The average Bonchev–Trinajstić information content (AvgIpc) is 2.39. The smallest absolute Gasteiger partial charge is 0.326 e. The minimum Gasteiger partial charge on any atom is -0.480 e. The van der Waals surface area contributed by atoms with Gasteiger partial charge in [0.15, 0.2) is 0 Å². The molecule has 4 nitrogen and oxygen atoms in total. The van der Waals surface area contributed by atoms with Gasteiger partial charge in [-0.3, -0.25) is 4.79 Å². The lowest BCUT2D eigenvalue weighted by atomic mass is 10.0. The zero-order valence-corrected chi connectivity index (χ0v) is 11.0. The van der Waals surface area contributed by atoms with Crippen LogP contribution in [0.25, 0.3) is 0 Å². The van der Waals surface area contributed by atoms with Crippen LogP contribution in [0.15, 0.2) is 24.3 Å². The Balaban J connectivity index is 2.71. The fourth-order valence-corrected chi connectivity index (χ4v) is 1.56. The summed E-state index contributed by atoms with van der Waals surface area (Å²) in [5.74, 6) is -1.98. The summed E-state index contributed by atoms with van der Waals surface area (Å²) in [4.78, 5) is 22.8. The van der Waals surface area contributed by atoms with Crippen LogP contribution in [0.4, 0.5) is 4.39 Å². The molecule has 0 heterocycles. The van der Waals surface area contributed by atoms with E-state index in [1.54, 1.807) is 6.92 Å². The van der Waals surface area contributed by atoms with Crippen molar-refractivity contribution in [3.05, 3.63) is 35.6 Å². The van der Waals surface area contributed by atoms with Crippen molar-refractivity contribution >= 4 is 11.9 Å².